The lowest BCUT2D eigenvalue weighted by molar-refractivity contribution is -0.0424. The Morgan fingerprint density at radius 2 is 1.92 bits per heavy atom. The largest absolute Gasteiger partial charge is 0.394 e. The van der Waals surface area contributed by atoms with Crippen LogP contribution in [0.2, 0.25) is 0 Å². The molecule has 0 aliphatic rings. The first-order valence-corrected chi connectivity index (χ1v) is 4.16. The molecule has 0 saturated heterocycles. The molecule has 0 aliphatic carbocycles. The van der Waals surface area contributed by atoms with Crippen LogP contribution in [0.15, 0.2) is 30.3 Å². The normalized spacial score (nSPS) is 15.3. The van der Waals surface area contributed by atoms with E-state index in [2.05, 4.69) is 0 Å². The average molecular weight is 182 g/mol. The Kier molecular flexibility index (Phi) is 3.89. The highest BCUT2D eigenvalue weighted by molar-refractivity contribution is 5.18. The molecular weight excluding hydrogens is 168 g/mol. The molecule has 0 aliphatic heterocycles. The van der Waals surface area contributed by atoms with Crippen molar-refractivity contribution in [1.29, 1.82) is 0 Å². The lowest BCUT2D eigenvalue weighted by Crippen LogP contribution is -2.24. The number of hydrogen-bond acceptors (Lipinski definition) is 3. The molecule has 2 atom stereocenters. The minimum Gasteiger partial charge on any atom is -0.394 e. The van der Waals surface area contributed by atoms with Crippen LogP contribution in [0.4, 0.5) is 0 Å². The van der Waals surface area contributed by atoms with Gasteiger partial charge in [-0.3, -0.25) is 0 Å². The summed E-state index contributed by atoms with van der Waals surface area (Å²) >= 11 is 0. The van der Waals surface area contributed by atoms with E-state index in [1.807, 2.05) is 18.2 Å². The maximum absolute atomic E-state index is 9.70. The zero-order valence-electron chi connectivity index (χ0n) is 7.55. The van der Waals surface area contributed by atoms with Gasteiger partial charge >= 0.3 is 0 Å². The van der Waals surface area contributed by atoms with Crippen LogP contribution >= 0.6 is 0 Å². The van der Waals surface area contributed by atoms with E-state index in [9.17, 15) is 5.11 Å². The maximum Gasteiger partial charge on any atom is 0.110 e. The Morgan fingerprint density at radius 3 is 2.38 bits per heavy atom. The van der Waals surface area contributed by atoms with Gasteiger partial charge in [0.2, 0.25) is 0 Å². The van der Waals surface area contributed by atoms with E-state index in [0.717, 1.165) is 5.56 Å². The van der Waals surface area contributed by atoms with Crippen molar-refractivity contribution in [2.75, 3.05) is 13.7 Å². The molecule has 1 aromatic carbocycles. The number of aliphatic hydroxyl groups excluding tert-OH is 2. The first-order chi connectivity index (χ1) is 6.29. The van der Waals surface area contributed by atoms with Gasteiger partial charge < -0.3 is 14.9 Å². The summed E-state index contributed by atoms with van der Waals surface area (Å²) in [7, 11) is 1.47. The summed E-state index contributed by atoms with van der Waals surface area (Å²) in [5.74, 6) is 0. The van der Waals surface area contributed by atoms with Crippen molar-refractivity contribution in [2.45, 2.75) is 12.2 Å². The number of benzene rings is 1. The molecule has 1 aromatic rings. The molecule has 2 N–H and O–H groups in total. The zero-order valence-corrected chi connectivity index (χ0v) is 7.55. The molecule has 13 heavy (non-hydrogen) atoms. The number of aliphatic hydroxyl groups is 2. The highest BCUT2D eigenvalue weighted by atomic mass is 16.5. The standard InChI is InChI=1S/C10H14O3/c1-13-9(7-11)10(12)8-5-3-2-4-6-8/h2-6,9-12H,7H2,1H3. The van der Waals surface area contributed by atoms with Crippen LogP contribution in [-0.2, 0) is 4.74 Å². The fourth-order valence-corrected chi connectivity index (χ4v) is 1.17. The van der Waals surface area contributed by atoms with E-state index in [1.165, 1.54) is 7.11 Å². The van der Waals surface area contributed by atoms with Crippen molar-refractivity contribution < 1.29 is 14.9 Å². The van der Waals surface area contributed by atoms with Gasteiger partial charge in [0, 0.05) is 7.11 Å². The highest BCUT2D eigenvalue weighted by Crippen LogP contribution is 2.17. The number of hydrogen-bond donors (Lipinski definition) is 2. The van der Waals surface area contributed by atoms with Crippen LogP contribution in [0.5, 0.6) is 0 Å². The summed E-state index contributed by atoms with van der Waals surface area (Å²) in [6, 6.07) is 9.14. The quantitative estimate of drug-likeness (QED) is 0.721. The van der Waals surface area contributed by atoms with Gasteiger partial charge in [-0.05, 0) is 5.56 Å². The molecular formula is C10H14O3. The molecule has 1 rings (SSSR count). The summed E-state index contributed by atoms with van der Waals surface area (Å²) in [5.41, 5.74) is 0.753. The molecule has 0 fully saturated rings. The summed E-state index contributed by atoms with van der Waals surface area (Å²) in [6.45, 7) is -0.188. The molecule has 0 amide bonds. The van der Waals surface area contributed by atoms with Gasteiger partial charge in [0.25, 0.3) is 0 Å². The Morgan fingerprint density at radius 1 is 1.31 bits per heavy atom. The molecule has 0 aromatic heterocycles. The van der Waals surface area contributed by atoms with E-state index in [1.54, 1.807) is 12.1 Å². The monoisotopic (exact) mass is 182 g/mol. The summed E-state index contributed by atoms with van der Waals surface area (Å²) in [5, 5.41) is 18.6. The van der Waals surface area contributed by atoms with Gasteiger partial charge in [-0.1, -0.05) is 30.3 Å². The Bertz CT molecular complexity index is 231. The van der Waals surface area contributed by atoms with Crippen molar-refractivity contribution in [2.24, 2.45) is 0 Å². The summed E-state index contributed by atoms with van der Waals surface area (Å²) in [6.07, 6.45) is -1.32. The lowest BCUT2D eigenvalue weighted by Gasteiger charge is -2.19. The van der Waals surface area contributed by atoms with Crippen LogP contribution in [-0.4, -0.2) is 30.0 Å². The third kappa shape index (κ3) is 2.52. The van der Waals surface area contributed by atoms with Gasteiger partial charge in [0.1, 0.15) is 12.2 Å². The van der Waals surface area contributed by atoms with Crippen LogP contribution in [0.25, 0.3) is 0 Å². The third-order valence-electron chi connectivity index (χ3n) is 1.98. The smallest absolute Gasteiger partial charge is 0.110 e. The Balaban J connectivity index is 2.72. The first-order valence-electron chi connectivity index (χ1n) is 4.16. The predicted octanol–water partition coefficient (Wildman–Crippen LogP) is 0.727. The van der Waals surface area contributed by atoms with Crippen molar-refractivity contribution in [3.05, 3.63) is 35.9 Å². The van der Waals surface area contributed by atoms with Crippen molar-refractivity contribution in [1.82, 2.24) is 0 Å². The predicted molar refractivity (Wildman–Crippen MR) is 49.3 cm³/mol. The number of ether oxygens (including phenoxy) is 1. The van der Waals surface area contributed by atoms with E-state index in [-0.39, 0.29) is 6.61 Å². The third-order valence-corrected chi connectivity index (χ3v) is 1.98. The van der Waals surface area contributed by atoms with E-state index >= 15 is 0 Å². The van der Waals surface area contributed by atoms with Gasteiger partial charge in [-0.15, -0.1) is 0 Å². The lowest BCUT2D eigenvalue weighted by atomic mass is 10.1. The Labute approximate surface area is 77.6 Å². The molecule has 0 radical (unpaired) electrons. The molecule has 3 heteroatoms. The van der Waals surface area contributed by atoms with Crippen LogP contribution in [0.1, 0.15) is 11.7 Å². The zero-order chi connectivity index (χ0) is 9.68. The molecule has 0 spiro atoms. The van der Waals surface area contributed by atoms with Gasteiger partial charge in [-0.25, -0.2) is 0 Å². The number of methoxy groups -OCH3 is 1. The van der Waals surface area contributed by atoms with Gasteiger partial charge in [0.15, 0.2) is 0 Å². The second kappa shape index (κ2) is 4.97. The Hall–Kier alpha value is -0.900. The molecule has 0 heterocycles. The van der Waals surface area contributed by atoms with Crippen molar-refractivity contribution >= 4 is 0 Å². The van der Waals surface area contributed by atoms with Crippen molar-refractivity contribution in [3.63, 3.8) is 0 Å². The number of rotatable bonds is 4. The molecule has 0 saturated carbocycles. The fourth-order valence-electron chi connectivity index (χ4n) is 1.17. The van der Waals surface area contributed by atoms with E-state index < -0.39 is 12.2 Å². The maximum atomic E-state index is 9.70. The van der Waals surface area contributed by atoms with E-state index in [4.69, 9.17) is 9.84 Å². The van der Waals surface area contributed by atoms with Crippen LogP contribution in [0.3, 0.4) is 0 Å². The summed E-state index contributed by atoms with van der Waals surface area (Å²) in [4.78, 5) is 0. The molecule has 72 valence electrons. The highest BCUT2D eigenvalue weighted by Gasteiger charge is 2.18. The molecule has 2 unspecified atom stereocenters. The summed E-state index contributed by atoms with van der Waals surface area (Å²) < 4.78 is 4.92. The minimum absolute atomic E-state index is 0.188. The first kappa shape index (κ1) is 10.2. The molecule has 0 bridgehead atoms. The van der Waals surface area contributed by atoms with Gasteiger partial charge in [-0.2, -0.15) is 0 Å². The fraction of sp³-hybridized carbons (Fsp3) is 0.400. The van der Waals surface area contributed by atoms with Crippen molar-refractivity contribution in [3.8, 4) is 0 Å². The minimum atomic E-state index is -0.767. The van der Waals surface area contributed by atoms with Crippen LogP contribution < -0.4 is 0 Å². The SMILES string of the molecule is COC(CO)C(O)c1ccccc1. The van der Waals surface area contributed by atoms with E-state index in [0.29, 0.717) is 0 Å². The topological polar surface area (TPSA) is 49.7 Å². The second-order valence-electron chi connectivity index (χ2n) is 2.81. The average Bonchev–Trinajstić information content (AvgIpc) is 2.21. The second-order valence-corrected chi connectivity index (χ2v) is 2.81. The molecule has 3 nitrogen and oxygen atoms in total. The van der Waals surface area contributed by atoms with Gasteiger partial charge in [0.05, 0.1) is 6.61 Å². The van der Waals surface area contributed by atoms with Crippen LogP contribution in [0, 0.1) is 0 Å².